The standard InChI is InChI=1S/C5H10O2.Li/c1-5(2,3)4(6)7;/h1-3H3,(H,6,7);/q;+1/p-1. The predicted octanol–water partition coefficient (Wildman–Crippen LogP) is -3.21. The average molecular weight is 108 g/mol. The van der Waals surface area contributed by atoms with Gasteiger partial charge in [-0.15, -0.1) is 0 Å². The molecule has 0 N–H and O–H groups in total. The van der Waals surface area contributed by atoms with Crippen molar-refractivity contribution in [3.8, 4) is 0 Å². The molecule has 0 rings (SSSR count). The van der Waals surface area contributed by atoms with Crippen LogP contribution in [0, 0.1) is 5.41 Å². The van der Waals surface area contributed by atoms with E-state index < -0.39 is 11.4 Å². The zero-order valence-electron chi connectivity index (χ0n) is 5.82. The molecular formula is C5H9LiO2. The molecule has 3 heteroatoms. The number of carbonyl (C=O) groups is 1. The van der Waals surface area contributed by atoms with Crippen LogP contribution in [-0.4, -0.2) is 5.97 Å². The summed E-state index contributed by atoms with van der Waals surface area (Å²) in [6.45, 7) is 4.80. The first-order chi connectivity index (χ1) is 2.94. The monoisotopic (exact) mass is 108 g/mol. The average Bonchev–Trinajstić information content (AvgIpc) is 1.31. The number of carbonyl (C=O) groups excluding carboxylic acids is 1. The van der Waals surface area contributed by atoms with Crippen LogP contribution in [0.15, 0.2) is 0 Å². The topological polar surface area (TPSA) is 40.1 Å². The van der Waals surface area contributed by atoms with E-state index in [-0.39, 0.29) is 18.9 Å². The third-order valence-electron chi connectivity index (χ3n) is 0.612. The molecule has 0 aliphatic heterocycles. The van der Waals surface area contributed by atoms with Crippen LogP contribution in [0.4, 0.5) is 0 Å². The van der Waals surface area contributed by atoms with E-state index >= 15 is 0 Å². The Balaban J connectivity index is 0. The molecule has 0 amide bonds. The summed E-state index contributed by atoms with van der Waals surface area (Å²) in [5, 5.41) is 9.91. The first-order valence-corrected chi connectivity index (χ1v) is 2.16. The molecule has 0 saturated carbocycles. The van der Waals surface area contributed by atoms with Crippen LogP contribution in [0.25, 0.3) is 0 Å². The van der Waals surface area contributed by atoms with E-state index in [0.29, 0.717) is 0 Å². The van der Waals surface area contributed by atoms with Crippen LogP contribution in [-0.2, 0) is 4.79 Å². The van der Waals surface area contributed by atoms with E-state index in [2.05, 4.69) is 0 Å². The Morgan fingerprint density at radius 3 is 1.50 bits per heavy atom. The van der Waals surface area contributed by atoms with Gasteiger partial charge in [-0.3, -0.25) is 0 Å². The third kappa shape index (κ3) is 4.23. The van der Waals surface area contributed by atoms with Gasteiger partial charge in [-0.25, -0.2) is 0 Å². The summed E-state index contributed by atoms with van der Waals surface area (Å²) in [5.74, 6) is -1.01. The van der Waals surface area contributed by atoms with E-state index in [1.54, 1.807) is 20.8 Å². The minimum absolute atomic E-state index is 0. The van der Waals surface area contributed by atoms with Gasteiger partial charge in [-0.2, -0.15) is 0 Å². The number of rotatable bonds is 0. The SMILES string of the molecule is CC(C)(C)C(=O)[O-].[Li+]. The molecule has 0 spiro atoms. The van der Waals surface area contributed by atoms with Gasteiger partial charge in [0, 0.05) is 11.4 Å². The van der Waals surface area contributed by atoms with Gasteiger partial charge < -0.3 is 9.90 Å². The molecule has 0 aromatic rings. The van der Waals surface area contributed by atoms with Gasteiger partial charge >= 0.3 is 18.9 Å². The summed E-state index contributed by atoms with van der Waals surface area (Å²) in [6, 6.07) is 0. The fourth-order valence-electron chi connectivity index (χ4n) is 0. The Kier molecular flexibility index (Phi) is 4.33. The van der Waals surface area contributed by atoms with E-state index in [1.165, 1.54) is 0 Å². The van der Waals surface area contributed by atoms with Crippen molar-refractivity contribution in [2.24, 2.45) is 5.41 Å². The fraction of sp³-hybridized carbons (Fsp3) is 0.800. The molecule has 0 bridgehead atoms. The predicted molar refractivity (Wildman–Crippen MR) is 24.5 cm³/mol. The number of carboxylic acids is 1. The summed E-state index contributed by atoms with van der Waals surface area (Å²) in [4.78, 5) is 9.91. The maximum Gasteiger partial charge on any atom is 1.00 e. The number of hydrogen-bond donors (Lipinski definition) is 0. The molecule has 0 aromatic heterocycles. The molecule has 2 nitrogen and oxygen atoms in total. The van der Waals surface area contributed by atoms with Gasteiger partial charge in [0.2, 0.25) is 0 Å². The van der Waals surface area contributed by atoms with E-state index in [9.17, 15) is 9.90 Å². The largest absolute Gasteiger partial charge is 1.00 e. The van der Waals surface area contributed by atoms with Crippen molar-refractivity contribution in [2.45, 2.75) is 20.8 Å². The van der Waals surface area contributed by atoms with Crippen LogP contribution in [0.3, 0.4) is 0 Å². The Morgan fingerprint density at radius 2 is 1.50 bits per heavy atom. The molecule has 0 aliphatic carbocycles. The van der Waals surface area contributed by atoms with Crippen LogP contribution in [0.1, 0.15) is 20.8 Å². The molecule has 0 aliphatic rings. The molecule has 42 valence electrons. The van der Waals surface area contributed by atoms with Crippen molar-refractivity contribution in [1.82, 2.24) is 0 Å². The number of carboxylic acid groups (broad SMARTS) is 1. The van der Waals surface area contributed by atoms with Crippen LogP contribution in [0.2, 0.25) is 0 Å². The molecule has 0 fully saturated rings. The maximum absolute atomic E-state index is 9.91. The summed E-state index contributed by atoms with van der Waals surface area (Å²) in [6.07, 6.45) is 0. The van der Waals surface area contributed by atoms with E-state index in [4.69, 9.17) is 0 Å². The van der Waals surface area contributed by atoms with E-state index in [1.807, 2.05) is 0 Å². The molecule has 0 radical (unpaired) electrons. The normalized spacial score (nSPS) is 9.88. The Labute approximate surface area is 61.5 Å². The molecule has 0 unspecified atom stereocenters. The molecular weight excluding hydrogens is 99.0 g/mol. The van der Waals surface area contributed by atoms with Gasteiger partial charge in [0.05, 0.1) is 0 Å². The van der Waals surface area contributed by atoms with Crippen LogP contribution in [0.5, 0.6) is 0 Å². The second kappa shape index (κ2) is 3.16. The zero-order chi connectivity index (χ0) is 6.08. The Bertz CT molecular complexity index is 82.9. The fourth-order valence-corrected chi connectivity index (χ4v) is 0. The van der Waals surface area contributed by atoms with Gasteiger partial charge in [0.1, 0.15) is 0 Å². The van der Waals surface area contributed by atoms with Crippen molar-refractivity contribution < 1.29 is 28.8 Å². The molecule has 0 saturated heterocycles. The maximum atomic E-state index is 9.91. The smallest absolute Gasteiger partial charge is 0.550 e. The summed E-state index contributed by atoms with van der Waals surface area (Å²) >= 11 is 0. The first-order valence-electron chi connectivity index (χ1n) is 2.16. The van der Waals surface area contributed by atoms with Gasteiger partial charge in [0.25, 0.3) is 0 Å². The van der Waals surface area contributed by atoms with Crippen molar-refractivity contribution in [1.29, 1.82) is 0 Å². The molecule has 0 heterocycles. The number of aliphatic carboxylic acids is 1. The van der Waals surface area contributed by atoms with Gasteiger partial charge in [-0.05, 0) is 0 Å². The minimum Gasteiger partial charge on any atom is -0.550 e. The Hall–Kier alpha value is 0.0674. The van der Waals surface area contributed by atoms with Gasteiger partial charge in [-0.1, -0.05) is 20.8 Å². The van der Waals surface area contributed by atoms with Crippen molar-refractivity contribution >= 4 is 5.97 Å². The summed E-state index contributed by atoms with van der Waals surface area (Å²) in [5.41, 5.74) is -0.694. The molecule has 8 heavy (non-hydrogen) atoms. The third-order valence-corrected chi connectivity index (χ3v) is 0.612. The molecule has 0 aromatic carbocycles. The summed E-state index contributed by atoms with van der Waals surface area (Å²) in [7, 11) is 0. The Morgan fingerprint density at radius 1 is 1.38 bits per heavy atom. The zero-order valence-corrected chi connectivity index (χ0v) is 5.82. The van der Waals surface area contributed by atoms with E-state index in [0.717, 1.165) is 0 Å². The van der Waals surface area contributed by atoms with Crippen molar-refractivity contribution in [3.63, 3.8) is 0 Å². The second-order valence-electron chi connectivity index (χ2n) is 2.54. The van der Waals surface area contributed by atoms with Crippen LogP contribution >= 0.6 is 0 Å². The number of hydrogen-bond acceptors (Lipinski definition) is 2. The molecule has 0 atom stereocenters. The minimum atomic E-state index is -1.01. The quantitative estimate of drug-likeness (QED) is 0.306. The first kappa shape index (κ1) is 10.9. The van der Waals surface area contributed by atoms with Crippen molar-refractivity contribution in [2.75, 3.05) is 0 Å². The van der Waals surface area contributed by atoms with Crippen molar-refractivity contribution in [3.05, 3.63) is 0 Å². The van der Waals surface area contributed by atoms with Crippen LogP contribution < -0.4 is 24.0 Å². The summed E-state index contributed by atoms with van der Waals surface area (Å²) < 4.78 is 0. The van der Waals surface area contributed by atoms with Gasteiger partial charge in [0.15, 0.2) is 0 Å². The second-order valence-corrected chi connectivity index (χ2v) is 2.54.